The monoisotopic (exact) mass is 252 g/mol. The van der Waals surface area contributed by atoms with Crippen LogP contribution in [0.25, 0.3) is 0 Å². The third-order valence-electron chi connectivity index (χ3n) is 5.83. The van der Waals surface area contributed by atoms with Gasteiger partial charge in [-0.3, -0.25) is 4.98 Å². The molecule has 4 aliphatic carbocycles. The van der Waals surface area contributed by atoms with Gasteiger partial charge in [-0.1, -0.05) is 0 Å². The number of nitriles is 1. The molecular formula is C17H20N2. The maximum Gasteiger partial charge on any atom is 0.101 e. The highest BCUT2D eigenvalue weighted by molar-refractivity contribution is 5.39. The lowest BCUT2D eigenvalue weighted by atomic mass is 9.48. The van der Waals surface area contributed by atoms with Gasteiger partial charge in [0.2, 0.25) is 0 Å². The van der Waals surface area contributed by atoms with E-state index in [1.807, 2.05) is 0 Å². The Morgan fingerprint density at radius 3 is 2.26 bits per heavy atom. The Morgan fingerprint density at radius 2 is 1.74 bits per heavy atom. The van der Waals surface area contributed by atoms with E-state index in [0.717, 1.165) is 29.0 Å². The predicted octanol–water partition coefficient (Wildman–Crippen LogP) is 3.73. The van der Waals surface area contributed by atoms with Gasteiger partial charge >= 0.3 is 0 Å². The van der Waals surface area contributed by atoms with Crippen LogP contribution in [0.5, 0.6) is 0 Å². The van der Waals surface area contributed by atoms with Crippen LogP contribution in [0.4, 0.5) is 0 Å². The first-order valence-electron chi connectivity index (χ1n) is 7.56. The van der Waals surface area contributed by atoms with Crippen LogP contribution in [0.15, 0.2) is 12.3 Å². The van der Waals surface area contributed by atoms with Gasteiger partial charge in [0.05, 0.1) is 5.56 Å². The van der Waals surface area contributed by atoms with Crippen LogP contribution in [0.2, 0.25) is 0 Å². The summed E-state index contributed by atoms with van der Waals surface area (Å²) in [5.74, 6) is 2.82. The van der Waals surface area contributed by atoms with Crippen molar-refractivity contribution in [3.8, 4) is 6.07 Å². The first-order valence-corrected chi connectivity index (χ1v) is 7.56. The minimum absolute atomic E-state index is 0.360. The molecule has 4 saturated carbocycles. The largest absolute Gasteiger partial charge is 0.260 e. The van der Waals surface area contributed by atoms with Crippen LogP contribution >= 0.6 is 0 Å². The smallest absolute Gasteiger partial charge is 0.101 e. The summed E-state index contributed by atoms with van der Waals surface area (Å²) in [6, 6.07) is 4.40. The van der Waals surface area contributed by atoms with Crippen LogP contribution in [0, 0.1) is 36.0 Å². The zero-order chi connectivity index (χ0) is 13.0. The average molecular weight is 252 g/mol. The number of hydrogen-bond acceptors (Lipinski definition) is 2. The second kappa shape index (κ2) is 3.82. The molecule has 0 spiro atoms. The minimum Gasteiger partial charge on any atom is -0.260 e. The molecule has 0 amide bonds. The number of aryl methyl sites for hydroxylation is 1. The lowest BCUT2D eigenvalue weighted by Gasteiger charge is -2.57. The van der Waals surface area contributed by atoms with Gasteiger partial charge in [0.15, 0.2) is 0 Å². The van der Waals surface area contributed by atoms with E-state index in [1.54, 1.807) is 6.20 Å². The number of rotatable bonds is 1. The number of nitrogens with zero attached hydrogens (tertiary/aromatic N) is 2. The van der Waals surface area contributed by atoms with Crippen molar-refractivity contribution in [1.82, 2.24) is 4.98 Å². The molecule has 19 heavy (non-hydrogen) atoms. The maximum absolute atomic E-state index is 9.14. The van der Waals surface area contributed by atoms with Crippen LogP contribution in [-0.2, 0) is 5.41 Å². The van der Waals surface area contributed by atoms with E-state index in [-0.39, 0.29) is 0 Å². The molecule has 1 aromatic heterocycles. The summed E-state index contributed by atoms with van der Waals surface area (Å²) >= 11 is 0. The molecule has 4 fully saturated rings. The van der Waals surface area contributed by atoms with Gasteiger partial charge in [-0.15, -0.1) is 0 Å². The fourth-order valence-electron chi connectivity index (χ4n) is 5.57. The Hall–Kier alpha value is -1.36. The van der Waals surface area contributed by atoms with E-state index in [4.69, 9.17) is 5.26 Å². The number of hydrogen-bond donors (Lipinski definition) is 0. The van der Waals surface area contributed by atoms with Gasteiger partial charge in [0.25, 0.3) is 0 Å². The van der Waals surface area contributed by atoms with E-state index in [9.17, 15) is 0 Å². The van der Waals surface area contributed by atoms with Gasteiger partial charge in [-0.2, -0.15) is 5.26 Å². The molecule has 2 heteroatoms. The van der Waals surface area contributed by atoms with E-state index < -0.39 is 0 Å². The molecule has 0 atom stereocenters. The Bertz CT molecular complexity index is 532. The summed E-state index contributed by atoms with van der Waals surface area (Å²) in [6.45, 7) is 2.12. The first-order chi connectivity index (χ1) is 9.18. The van der Waals surface area contributed by atoms with Crippen molar-refractivity contribution in [2.45, 2.75) is 50.9 Å². The van der Waals surface area contributed by atoms with Crippen LogP contribution < -0.4 is 0 Å². The Morgan fingerprint density at radius 1 is 1.16 bits per heavy atom. The fraction of sp³-hybridized carbons (Fsp3) is 0.647. The summed E-state index contributed by atoms with van der Waals surface area (Å²) < 4.78 is 0. The highest BCUT2D eigenvalue weighted by atomic mass is 14.7. The summed E-state index contributed by atoms with van der Waals surface area (Å²) in [5.41, 5.74) is 3.64. The number of aromatic nitrogens is 1. The molecule has 0 unspecified atom stereocenters. The molecule has 0 radical (unpaired) electrons. The second-order valence-corrected chi connectivity index (χ2v) is 7.17. The lowest BCUT2D eigenvalue weighted by Crippen LogP contribution is -2.48. The molecule has 0 saturated heterocycles. The molecule has 0 N–H and O–H groups in total. The van der Waals surface area contributed by atoms with Crippen molar-refractivity contribution in [3.05, 3.63) is 29.1 Å². The zero-order valence-electron chi connectivity index (χ0n) is 11.5. The molecule has 2 nitrogen and oxygen atoms in total. The van der Waals surface area contributed by atoms with E-state index in [2.05, 4.69) is 24.0 Å². The summed E-state index contributed by atoms with van der Waals surface area (Å²) in [7, 11) is 0. The lowest BCUT2D eigenvalue weighted by molar-refractivity contribution is -0.00565. The normalized spacial score (nSPS) is 39.3. The Balaban J connectivity index is 1.81. The zero-order valence-corrected chi connectivity index (χ0v) is 11.5. The molecule has 1 aromatic rings. The van der Waals surface area contributed by atoms with Gasteiger partial charge in [0.1, 0.15) is 6.07 Å². The van der Waals surface area contributed by atoms with Crippen LogP contribution in [-0.4, -0.2) is 4.98 Å². The van der Waals surface area contributed by atoms with Crippen molar-refractivity contribution in [3.63, 3.8) is 0 Å². The summed E-state index contributed by atoms with van der Waals surface area (Å²) in [5, 5.41) is 9.14. The number of pyridine rings is 1. The Labute approximate surface area is 114 Å². The highest BCUT2D eigenvalue weighted by Crippen LogP contribution is 2.61. The Kier molecular flexibility index (Phi) is 2.31. The molecule has 4 aliphatic rings. The second-order valence-electron chi connectivity index (χ2n) is 7.17. The van der Waals surface area contributed by atoms with Crippen molar-refractivity contribution >= 4 is 0 Å². The van der Waals surface area contributed by atoms with Crippen molar-refractivity contribution in [2.24, 2.45) is 17.8 Å². The summed E-state index contributed by atoms with van der Waals surface area (Å²) in [4.78, 5) is 4.48. The van der Waals surface area contributed by atoms with E-state index in [1.165, 1.54) is 44.1 Å². The van der Waals surface area contributed by atoms with Crippen molar-refractivity contribution < 1.29 is 0 Å². The molecular weight excluding hydrogens is 232 g/mol. The average Bonchev–Trinajstić information content (AvgIpc) is 2.37. The van der Waals surface area contributed by atoms with E-state index >= 15 is 0 Å². The molecule has 98 valence electrons. The van der Waals surface area contributed by atoms with Crippen LogP contribution in [0.3, 0.4) is 0 Å². The molecule has 5 rings (SSSR count). The third kappa shape index (κ3) is 1.64. The standard InChI is InChI=1S/C17H20N2/c1-11-16(5-15(9-18)10-19-11)17-6-12-2-13(7-17)4-14(3-12)8-17/h5,10,12-14H,2-4,6-8H2,1H3. The summed E-state index contributed by atoms with van der Waals surface area (Å²) in [6.07, 6.45) is 10.1. The maximum atomic E-state index is 9.14. The highest BCUT2D eigenvalue weighted by Gasteiger charge is 2.52. The SMILES string of the molecule is Cc1ncc(C#N)cc1C12CC3CC(CC(C3)C1)C2. The van der Waals surface area contributed by atoms with Gasteiger partial charge < -0.3 is 0 Å². The third-order valence-corrected chi connectivity index (χ3v) is 5.83. The molecule has 1 heterocycles. The molecule has 0 aromatic carbocycles. The van der Waals surface area contributed by atoms with Gasteiger partial charge in [0, 0.05) is 11.9 Å². The first kappa shape index (κ1) is 11.5. The van der Waals surface area contributed by atoms with E-state index in [0.29, 0.717) is 5.41 Å². The topological polar surface area (TPSA) is 36.7 Å². The quantitative estimate of drug-likeness (QED) is 0.763. The molecule has 4 bridgehead atoms. The van der Waals surface area contributed by atoms with Gasteiger partial charge in [-0.25, -0.2) is 0 Å². The van der Waals surface area contributed by atoms with Crippen molar-refractivity contribution in [1.29, 1.82) is 5.26 Å². The predicted molar refractivity (Wildman–Crippen MR) is 73.5 cm³/mol. The molecule has 0 aliphatic heterocycles. The van der Waals surface area contributed by atoms with Crippen molar-refractivity contribution in [2.75, 3.05) is 0 Å². The minimum atomic E-state index is 0.360. The van der Waals surface area contributed by atoms with Crippen LogP contribution in [0.1, 0.15) is 55.3 Å². The van der Waals surface area contributed by atoms with Gasteiger partial charge in [-0.05, 0) is 80.2 Å². The fourth-order valence-corrected chi connectivity index (χ4v) is 5.57.